The molecule has 1 atom stereocenters. The fourth-order valence-corrected chi connectivity index (χ4v) is 3.92. The number of hydrogen-bond donors (Lipinski definition) is 1. The van der Waals surface area contributed by atoms with Crippen LogP contribution in [-0.2, 0) is 19.5 Å². The first-order valence-electron chi connectivity index (χ1n) is 10.4. The number of aromatic nitrogens is 4. The summed E-state index contributed by atoms with van der Waals surface area (Å²) >= 11 is 0. The van der Waals surface area contributed by atoms with Crippen molar-refractivity contribution >= 4 is 5.91 Å². The molecule has 7 nitrogen and oxygen atoms in total. The van der Waals surface area contributed by atoms with Crippen molar-refractivity contribution in [2.45, 2.75) is 46.3 Å². The first-order valence-corrected chi connectivity index (χ1v) is 10.4. The van der Waals surface area contributed by atoms with E-state index in [1.54, 1.807) is 24.5 Å². The molecule has 7 heteroatoms. The summed E-state index contributed by atoms with van der Waals surface area (Å²) in [6.07, 6.45) is 4.07. The van der Waals surface area contributed by atoms with Crippen LogP contribution in [0.1, 0.15) is 51.7 Å². The summed E-state index contributed by atoms with van der Waals surface area (Å²) in [6, 6.07) is 9.92. The molecule has 0 bridgehead atoms. The molecular formula is C23H28N6O. The van der Waals surface area contributed by atoms with Crippen LogP contribution in [0.4, 0.5) is 0 Å². The van der Waals surface area contributed by atoms with Crippen molar-refractivity contribution < 1.29 is 4.79 Å². The Hall–Kier alpha value is -3.06. The molecule has 1 aliphatic heterocycles. The molecule has 0 unspecified atom stereocenters. The zero-order valence-corrected chi connectivity index (χ0v) is 17.8. The number of nitrogens with one attached hydrogen (secondary N) is 1. The normalized spacial score (nSPS) is 15.3. The van der Waals surface area contributed by atoms with Crippen LogP contribution in [0.15, 0.2) is 42.7 Å². The minimum absolute atomic E-state index is 0.155. The number of pyridine rings is 1. The van der Waals surface area contributed by atoms with Gasteiger partial charge in [0.05, 0.1) is 11.6 Å². The van der Waals surface area contributed by atoms with Crippen molar-refractivity contribution in [1.82, 2.24) is 30.0 Å². The molecule has 0 aliphatic carbocycles. The zero-order chi connectivity index (χ0) is 21.1. The quantitative estimate of drug-likeness (QED) is 0.708. The van der Waals surface area contributed by atoms with Crippen LogP contribution >= 0.6 is 0 Å². The van der Waals surface area contributed by atoms with Crippen LogP contribution in [0.5, 0.6) is 0 Å². The third-order valence-electron chi connectivity index (χ3n) is 5.70. The zero-order valence-electron chi connectivity index (χ0n) is 17.8. The highest BCUT2D eigenvalue weighted by atomic mass is 16.1. The van der Waals surface area contributed by atoms with Gasteiger partial charge in [-0.05, 0) is 44.0 Å². The molecule has 0 saturated carbocycles. The van der Waals surface area contributed by atoms with Crippen molar-refractivity contribution in [3.63, 3.8) is 0 Å². The van der Waals surface area contributed by atoms with Crippen molar-refractivity contribution in [3.8, 4) is 0 Å². The van der Waals surface area contributed by atoms with Gasteiger partial charge in [-0.15, -0.1) is 10.2 Å². The summed E-state index contributed by atoms with van der Waals surface area (Å²) in [6.45, 7) is 9.89. The number of rotatable bonds is 5. The van der Waals surface area contributed by atoms with E-state index in [1.807, 2.05) is 6.92 Å². The van der Waals surface area contributed by atoms with E-state index >= 15 is 0 Å². The average Bonchev–Trinajstić information content (AvgIpc) is 3.06. The number of carbonyl (C=O) groups excluding carboxylic acids is 1. The van der Waals surface area contributed by atoms with Crippen molar-refractivity contribution in [1.29, 1.82) is 0 Å². The molecule has 0 radical (unpaired) electrons. The van der Waals surface area contributed by atoms with Gasteiger partial charge in [-0.25, -0.2) is 0 Å². The second-order valence-electron chi connectivity index (χ2n) is 8.02. The van der Waals surface area contributed by atoms with Gasteiger partial charge in [0.25, 0.3) is 5.91 Å². The predicted octanol–water partition coefficient (Wildman–Crippen LogP) is 2.84. The summed E-state index contributed by atoms with van der Waals surface area (Å²) < 4.78 is 2.16. The number of amides is 1. The molecule has 1 aliphatic rings. The number of fused-ring (bicyclic) bond motifs is 1. The maximum Gasteiger partial charge on any atom is 0.253 e. The lowest BCUT2D eigenvalue weighted by molar-refractivity contribution is 0.0937. The smallest absolute Gasteiger partial charge is 0.253 e. The summed E-state index contributed by atoms with van der Waals surface area (Å²) in [5.74, 6) is 1.63. The molecule has 30 heavy (non-hydrogen) atoms. The van der Waals surface area contributed by atoms with E-state index in [0.29, 0.717) is 5.56 Å². The Bertz CT molecular complexity index is 1030. The number of benzene rings is 1. The topological polar surface area (TPSA) is 75.9 Å². The summed E-state index contributed by atoms with van der Waals surface area (Å²) in [5.41, 5.74) is 4.55. The Kier molecular flexibility index (Phi) is 5.90. The predicted molar refractivity (Wildman–Crippen MR) is 115 cm³/mol. The second kappa shape index (κ2) is 8.75. The third-order valence-corrected chi connectivity index (χ3v) is 5.70. The summed E-state index contributed by atoms with van der Waals surface area (Å²) in [4.78, 5) is 19.0. The molecule has 0 saturated heterocycles. The minimum atomic E-state index is -0.232. The largest absolute Gasteiger partial charge is 0.342 e. The highest BCUT2D eigenvalue weighted by molar-refractivity contribution is 5.94. The second-order valence-corrected chi connectivity index (χ2v) is 8.02. The lowest BCUT2D eigenvalue weighted by atomic mass is 10.1. The van der Waals surface area contributed by atoms with Gasteiger partial charge in [0.1, 0.15) is 5.82 Å². The Morgan fingerprint density at radius 2 is 2.03 bits per heavy atom. The SMILES string of the molecule is Cc1ccc(C)c(CN2CCc3nnc([C@@H](C)NC(=O)c4cccnc4)n3CC2)c1. The molecule has 3 heterocycles. The average molecular weight is 405 g/mol. The summed E-state index contributed by atoms with van der Waals surface area (Å²) in [5, 5.41) is 11.8. The summed E-state index contributed by atoms with van der Waals surface area (Å²) in [7, 11) is 0. The van der Waals surface area contributed by atoms with Gasteiger partial charge >= 0.3 is 0 Å². The van der Waals surface area contributed by atoms with Crippen LogP contribution < -0.4 is 5.32 Å². The molecular weight excluding hydrogens is 376 g/mol. The maximum absolute atomic E-state index is 12.5. The molecule has 156 valence electrons. The van der Waals surface area contributed by atoms with E-state index < -0.39 is 0 Å². The van der Waals surface area contributed by atoms with Gasteiger partial charge in [-0.2, -0.15) is 0 Å². The fraction of sp³-hybridized carbons (Fsp3) is 0.391. The van der Waals surface area contributed by atoms with Crippen LogP contribution in [0.3, 0.4) is 0 Å². The standard InChI is InChI=1S/C23H28N6O/c1-16-6-7-17(2)20(13-16)15-28-10-8-21-26-27-22(29(21)12-11-28)18(3)25-23(30)19-5-4-9-24-14-19/h4-7,9,13-14,18H,8,10-12,15H2,1-3H3,(H,25,30)/t18-/m1/s1. The van der Waals surface area contributed by atoms with E-state index in [0.717, 1.165) is 44.2 Å². The third kappa shape index (κ3) is 4.41. The van der Waals surface area contributed by atoms with Crippen molar-refractivity contribution in [3.05, 3.63) is 76.6 Å². The Morgan fingerprint density at radius 1 is 1.17 bits per heavy atom. The van der Waals surface area contributed by atoms with Crippen molar-refractivity contribution in [2.75, 3.05) is 13.1 Å². The van der Waals surface area contributed by atoms with Crippen LogP contribution in [0.2, 0.25) is 0 Å². The highest BCUT2D eigenvalue weighted by Gasteiger charge is 2.23. The number of aryl methyl sites for hydroxylation is 2. The van der Waals surface area contributed by atoms with E-state index in [2.05, 4.69) is 62.0 Å². The number of hydrogen-bond acceptors (Lipinski definition) is 5. The Balaban J connectivity index is 1.43. The Morgan fingerprint density at radius 3 is 2.83 bits per heavy atom. The van der Waals surface area contributed by atoms with E-state index in [1.165, 1.54) is 16.7 Å². The van der Waals surface area contributed by atoms with Gasteiger partial charge < -0.3 is 9.88 Å². The molecule has 0 fully saturated rings. The van der Waals surface area contributed by atoms with Crippen LogP contribution in [0, 0.1) is 13.8 Å². The first-order chi connectivity index (χ1) is 14.5. The minimum Gasteiger partial charge on any atom is -0.342 e. The van der Waals surface area contributed by atoms with Crippen LogP contribution in [-0.4, -0.2) is 43.6 Å². The number of nitrogens with zero attached hydrogens (tertiary/aromatic N) is 5. The fourth-order valence-electron chi connectivity index (χ4n) is 3.92. The highest BCUT2D eigenvalue weighted by Crippen LogP contribution is 2.19. The lowest BCUT2D eigenvalue weighted by Gasteiger charge is -2.21. The van der Waals surface area contributed by atoms with E-state index in [-0.39, 0.29) is 11.9 Å². The molecule has 1 N–H and O–H groups in total. The first kappa shape index (κ1) is 20.2. The van der Waals surface area contributed by atoms with Crippen molar-refractivity contribution in [2.24, 2.45) is 0 Å². The van der Waals surface area contributed by atoms with Crippen LogP contribution in [0.25, 0.3) is 0 Å². The monoisotopic (exact) mass is 404 g/mol. The lowest BCUT2D eigenvalue weighted by Crippen LogP contribution is -2.30. The molecule has 1 aromatic carbocycles. The van der Waals surface area contributed by atoms with Gasteiger partial charge in [0.2, 0.25) is 0 Å². The molecule has 1 amide bonds. The maximum atomic E-state index is 12.5. The van der Waals surface area contributed by atoms with Gasteiger partial charge in [-0.1, -0.05) is 23.8 Å². The van der Waals surface area contributed by atoms with E-state index in [4.69, 9.17) is 0 Å². The molecule has 0 spiro atoms. The van der Waals surface area contributed by atoms with E-state index in [9.17, 15) is 4.79 Å². The molecule has 4 rings (SSSR count). The molecule has 2 aromatic heterocycles. The van der Waals surface area contributed by atoms with Gasteiger partial charge in [-0.3, -0.25) is 14.7 Å². The number of carbonyl (C=O) groups is 1. The molecule has 3 aromatic rings. The van der Waals surface area contributed by atoms with Gasteiger partial charge in [0, 0.05) is 45.0 Å². The Labute approximate surface area is 177 Å². The van der Waals surface area contributed by atoms with Gasteiger partial charge in [0.15, 0.2) is 5.82 Å².